The van der Waals surface area contributed by atoms with Crippen LogP contribution in [0, 0.1) is 0 Å². The number of amides is 1. The highest BCUT2D eigenvalue weighted by Crippen LogP contribution is 2.05. The smallest absolute Gasteiger partial charge is 0.269 e. The number of nitrogens with zero attached hydrogens (tertiary/aromatic N) is 2. The van der Waals surface area contributed by atoms with Crippen LogP contribution in [0.1, 0.15) is 10.5 Å². The Morgan fingerprint density at radius 1 is 1.46 bits per heavy atom. The first-order valence-electron chi connectivity index (χ1n) is 3.98. The molecule has 0 aromatic carbocycles. The van der Waals surface area contributed by atoms with E-state index in [1.54, 1.807) is 23.8 Å². The molecule has 2 heterocycles. The summed E-state index contributed by atoms with van der Waals surface area (Å²) in [6.45, 7) is 0. The van der Waals surface area contributed by atoms with Crippen LogP contribution in [-0.2, 0) is 0 Å². The third kappa shape index (κ3) is 1.16. The van der Waals surface area contributed by atoms with E-state index in [0.29, 0.717) is 5.69 Å². The maximum Gasteiger partial charge on any atom is 0.269 e. The van der Waals surface area contributed by atoms with E-state index in [4.69, 9.17) is 0 Å². The zero-order valence-corrected chi connectivity index (χ0v) is 7.19. The standard InChI is InChI=1S/C9H9N3O/c1-10-9(13)8-4-2-3-7-5-6-11-12(7)8/h2-6H,1H3,(H,10,13). The van der Waals surface area contributed by atoms with Crippen LogP contribution in [0.5, 0.6) is 0 Å². The van der Waals surface area contributed by atoms with Gasteiger partial charge in [0, 0.05) is 7.05 Å². The average Bonchev–Trinajstić information content (AvgIpc) is 2.63. The van der Waals surface area contributed by atoms with Crippen molar-refractivity contribution in [3.8, 4) is 0 Å². The van der Waals surface area contributed by atoms with Gasteiger partial charge < -0.3 is 5.32 Å². The van der Waals surface area contributed by atoms with Crippen LogP contribution in [-0.4, -0.2) is 22.6 Å². The van der Waals surface area contributed by atoms with Gasteiger partial charge in [-0.1, -0.05) is 6.07 Å². The van der Waals surface area contributed by atoms with E-state index in [1.165, 1.54) is 0 Å². The van der Waals surface area contributed by atoms with E-state index in [2.05, 4.69) is 10.4 Å². The molecular formula is C9H9N3O. The summed E-state index contributed by atoms with van der Waals surface area (Å²) in [5.74, 6) is -0.130. The summed E-state index contributed by atoms with van der Waals surface area (Å²) >= 11 is 0. The monoisotopic (exact) mass is 175 g/mol. The van der Waals surface area contributed by atoms with E-state index >= 15 is 0 Å². The van der Waals surface area contributed by atoms with Crippen LogP contribution in [0.4, 0.5) is 0 Å². The van der Waals surface area contributed by atoms with Crippen molar-refractivity contribution in [3.05, 3.63) is 36.2 Å². The molecule has 66 valence electrons. The van der Waals surface area contributed by atoms with E-state index in [0.717, 1.165) is 5.52 Å². The van der Waals surface area contributed by atoms with Crippen LogP contribution < -0.4 is 5.32 Å². The maximum absolute atomic E-state index is 11.4. The summed E-state index contributed by atoms with van der Waals surface area (Å²) in [7, 11) is 1.60. The van der Waals surface area contributed by atoms with Crippen molar-refractivity contribution >= 4 is 11.4 Å². The average molecular weight is 175 g/mol. The highest BCUT2D eigenvalue weighted by atomic mass is 16.1. The topological polar surface area (TPSA) is 46.4 Å². The van der Waals surface area contributed by atoms with Gasteiger partial charge in [-0.05, 0) is 18.2 Å². The largest absolute Gasteiger partial charge is 0.354 e. The SMILES string of the molecule is CNC(=O)c1cccc2ccnn12. The number of hydrogen-bond donors (Lipinski definition) is 1. The Labute approximate surface area is 75.2 Å². The van der Waals surface area contributed by atoms with Crippen molar-refractivity contribution in [3.63, 3.8) is 0 Å². The summed E-state index contributed by atoms with van der Waals surface area (Å²) in [4.78, 5) is 11.4. The van der Waals surface area contributed by atoms with Gasteiger partial charge in [-0.3, -0.25) is 4.79 Å². The predicted molar refractivity (Wildman–Crippen MR) is 48.6 cm³/mol. The van der Waals surface area contributed by atoms with E-state index in [-0.39, 0.29) is 5.91 Å². The van der Waals surface area contributed by atoms with Gasteiger partial charge >= 0.3 is 0 Å². The lowest BCUT2D eigenvalue weighted by molar-refractivity contribution is 0.0956. The van der Waals surface area contributed by atoms with Gasteiger partial charge in [0.25, 0.3) is 5.91 Å². The van der Waals surface area contributed by atoms with Crippen molar-refractivity contribution in [2.24, 2.45) is 0 Å². The Morgan fingerprint density at radius 2 is 2.31 bits per heavy atom. The fourth-order valence-corrected chi connectivity index (χ4v) is 1.25. The molecule has 0 spiro atoms. The highest BCUT2D eigenvalue weighted by Gasteiger charge is 2.07. The molecule has 0 saturated carbocycles. The van der Waals surface area contributed by atoms with Gasteiger partial charge in [-0.25, -0.2) is 4.52 Å². The second-order valence-electron chi connectivity index (χ2n) is 2.66. The molecule has 1 amide bonds. The summed E-state index contributed by atoms with van der Waals surface area (Å²) in [6, 6.07) is 7.33. The number of pyridine rings is 1. The third-order valence-electron chi connectivity index (χ3n) is 1.88. The molecule has 4 heteroatoms. The maximum atomic E-state index is 11.4. The zero-order chi connectivity index (χ0) is 9.26. The van der Waals surface area contributed by atoms with Crippen LogP contribution in [0.2, 0.25) is 0 Å². The van der Waals surface area contributed by atoms with Crippen LogP contribution in [0.15, 0.2) is 30.5 Å². The molecule has 0 bridgehead atoms. The molecule has 1 N–H and O–H groups in total. The number of rotatable bonds is 1. The minimum absolute atomic E-state index is 0.130. The molecule has 2 aromatic heterocycles. The normalized spacial score (nSPS) is 10.2. The molecule has 0 aliphatic carbocycles. The Hall–Kier alpha value is -1.84. The first kappa shape index (κ1) is 7.79. The van der Waals surface area contributed by atoms with E-state index < -0.39 is 0 Å². The lowest BCUT2D eigenvalue weighted by atomic mass is 10.3. The summed E-state index contributed by atoms with van der Waals surface area (Å²) in [6.07, 6.45) is 1.67. The Kier molecular flexibility index (Phi) is 1.73. The number of carbonyl (C=O) groups excluding carboxylic acids is 1. The second-order valence-corrected chi connectivity index (χ2v) is 2.66. The first-order valence-corrected chi connectivity index (χ1v) is 3.98. The van der Waals surface area contributed by atoms with Crippen LogP contribution in [0.25, 0.3) is 5.52 Å². The summed E-state index contributed by atoms with van der Waals surface area (Å²) < 4.78 is 1.61. The summed E-state index contributed by atoms with van der Waals surface area (Å²) in [5, 5.41) is 6.61. The number of fused-ring (bicyclic) bond motifs is 1. The second kappa shape index (κ2) is 2.90. The fourth-order valence-electron chi connectivity index (χ4n) is 1.25. The molecule has 0 atom stereocenters. The predicted octanol–water partition coefficient (Wildman–Crippen LogP) is 0.694. The molecule has 0 fully saturated rings. The molecular weight excluding hydrogens is 166 g/mol. The first-order chi connectivity index (χ1) is 6.33. The molecule has 0 aliphatic heterocycles. The Bertz CT molecular complexity index is 447. The molecule has 13 heavy (non-hydrogen) atoms. The van der Waals surface area contributed by atoms with Gasteiger partial charge in [0.05, 0.1) is 11.7 Å². The molecule has 0 aliphatic rings. The number of nitrogens with one attached hydrogen (secondary N) is 1. The molecule has 2 rings (SSSR count). The molecule has 4 nitrogen and oxygen atoms in total. The zero-order valence-electron chi connectivity index (χ0n) is 7.19. The lowest BCUT2D eigenvalue weighted by Crippen LogP contribution is -2.21. The van der Waals surface area contributed by atoms with Crippen molar-refractivity contribution in [2.45, 2.75) is 0 Å². The van der Waals surface area contributed by atoms with Crippen LogP contribution >= 0.6 is 0 Å². The van der Waals surface area contributed by atoms with Crippen molar-refractivity contribution in [1.82, 2.24) is 14.9 Å². The third-order valence-corrected chi connectivity index (χ3v) is 1.88. The quantitative estimate of drug-likeness (QED) is 0.693. The minimum Gasteiger partial charge on any atom is -0.354 e. The van der Waals surface area contributed by atoms with Crippen molar-refractivity contribution < 1.29 is 4.79 Å². The fraction of sp³-hybridized carbons (Fsp3) is 0.111. The van der Waals surface area contributed by atoms with Crippen LogP contribution in [0.3, 0.4) is 0 Å². The molecule has 0 radical (unpaired) electrons. The van der Waals surface area contributed by atoms with Crippen molar-refractivity contribution in [1.29, 1.82) is 0 Å². The highest BCUT2D eigenvalue weighted by molar-refractivity contribution is 5.92. The molecule has 0 saturated heterocycles. The van der Waals surface area contributed by atoms with Gasteiger partial charge in [-0.15, -0.1) is 0 Å². The van der Waals surface area contributed by atoms with Gasteiger partial charge in [0.2, 0.25) is 0 Å². The Morgan fingerprint density at radius 3 is 3.08 bits per heavy atom. The van der Waals surface area contributed by atoms with Gasteiger partial charge in [0.1, 0.15) is 5.69 Å². The Balaban J connectivity index is 2.67. The van der Waals surface area contributed by atoms with Crippen molar-refractivity contribution in [2.75, 3.05) is 7.05 Å². The number of hydrogen-bond acceptors (Lipinski definition) is 2. The lowest BCUT2D eigenvalue weighted by Gasteiger charge is -2.01. The molecule has 2 aromatic rings. The van der Waals surface area contributed by atoms with Gasteiger partial charge in [-0.2, -0.15) is 5.10 Å². The van der Waals surface area contributed by atoms with Gasteiger partial charge in [0.15, 0.2) is 0 Å². The minimum atomic E-state index is -0.130. The number of carbonyl (C=O) groups is 1. The summed E-state index contributed by atoms with van der Waals surface area (Å²) in [5.41, 5.74) is 1.46. The van der Waals surface area contributed by atoms with E-state index in [9.17, 15) is 4.79 Å². The van der Waals surface area contributed by atoms with E-state index in [1.807, 2.05) is 18.2 Å². The number of aromatic nitrogens is 2. The molecule has 0 unspecified atom stereocenters.